The molecule has 2 aliphatic heterocycles. The molecule has 4 nitrogen and oxygen atoms in total. The Balaban J connectivity index is 1.72. The first-order valence-electron chi connectivity index (χ1n) is 6.74. The van der Waals surface area contributed by atoms with Crippen LogP contribution in [0.5, 0.6) is 0 Å². The second-order valence-corrected chi connectivity index (χ2v) is 5.35. The van der Waals surface area contributed by atoms with Crippen LogP contribution in [0.3, 0.4) is 0 Å². The fourth-order valence-corrected chi connectivity index (χ4v) is 2.67. The monoisotopic (exact) mass is 241 g/mol. The van der Waals surface area contributed by atoms with Crippen molar-refractivity contribution in [2.45, 2.75) is 51.2 Å². The van der Waals surface area contributed by atoms with Gasteiger partial charge in [0, 0.05) is 26.1 Å². The predicted molar refractivity (Wildman–Crippen MR) is 64.6 cm³/mol. The Morgan fingerprint density at radius 3 is 2.94 bits per heavy atom. The van der Waals surface area contributed by atoms with Crippen LogP contribution in [0.4, 0.5) is 0 Å². The number of amides is 1. The van der Waals surface area contributed by atoms with E-state index in [0.29, 0.717) is 32.0 Å². The van der Waals surface area contributed by atoms with E-state index in [9.17, 15) is 9.90 Å². The molecule has 0 aliphatic carbocycles. The zero-order chi connectivity index (χ0) is 12.3. The van der Waals surface area contributed by atoms with Crippen molar-refractivity contribution in [3.63, 3.8) is 0 Å². The molecule has 0 bridgehead atoms. The summed E-state index contributed by atoms with van der Waals surface area (Å²) in [6, 6.07) is 0. The Hall–Kier alpha value is -0.610. The fourth-order valence-electron chi connectivity index (χ4n) is 2.67. The van der Waals surface area contributed by atoms with Gasteiger partial charge in [-0.1, -0.05) is 6.92 Å². The predicted octanol–water partition coefficient (Wildman–Crippen LogP) is 1.17. The van der Waals surface area contributed by atoms with Gasteiger partial charge in [-0.3, -0.25) is 4.79 Å². The van der Waals surface area contributed by atoms with Gasteiger partial charge in [-0.2, -0.15) is 0 Å². The summed E-state index contributed by atoms with van der Waals surface area (Å²) in [4.78, 5) is 13.9. The zero-order valence-corrected chi connectivity index (χ0v) is 10.6. The molecule has 2 rings (SSSR count). The summed E-state index contributed by atoms with van der Waals surface area (Å²) in [5, 5.41) is 9.62. The van der Waals surface area contributed by atoms with E-state index in [0.717, 1.165) is 25.9 Å². The van der Waals surface area contributed by atoms with Crippen LogP contribution in [-0.4, -0.2) is 47.8 Å². The van der Waals surface area contributed by atoms with Crippen LogP contribution >= 0.6 is 0 Å². The molecule has 2 aliphatic rings. The summed E-state index contributed by atoms with van der Waals surface area (Å²) in [5.41, 5.74) is 0. The average Bonchev–Trinajstić information content (AvgIpc) is 2.82. The smallest absolute Gasteiger partial charge is 0.222 e. The van der Waals surface area contributed by atoms with Crippen molar-refractivity contribution in [3.05, 3.63) is 0 Å². The SMILES string of the molecule is CC1CN(C(=O)CCC2CCCO2)CCC1O. The molecule has 4 heteroatoms. The molecule has 2 saturated heterocycles. The van der Waals surface area contributed by atoms with Gasteiger partial charge >= 0.3 is 0 Å². The van der Waals surface area contributed by atoms with Gasteiger partial charge in [0.2, 0.25) is 5.91 Å². The Morgan fingerprint density at radius 2 is 2.29 bits per heavy atom. The molecule has 0 spiro atoms. The van der Waals surface area contributed by atoms with E-state index in [1.165, 1.54) is 0 Å². The first-order chi connectivity index (χ1) is 8.16. The maximum Gasteiger partial charge on any atom is 0.222 e. The van der Waals surface area contributed by atoms with Crippen molar-refractivity contribution >= 4 is 5.91 Å². The zero-order valence-electron chi connectivity index (χ0n) is 10.6. The van der Waals surface area contributed by atoms with Crippen LogP contribution < -0.4 is 0 Å². The average molecular weight is 241 g/mol. The Labute approximate surface area is 103 Å². The molecule has 17 heavy (non-hydrogen) atoms. The number of aliphatic hydroxyl groups is 1. The highest BCUT2D eigenvalue weighted by Crippen LogP contribution is 2.20. The van der Waals surface area contributed by atoms with Crippen molar-refractivity contribution in [1.82, 2.24) is 4.90 Å². The van der Waals surface area contributed by atoms with Gasteiger partial charge in [-0.15, -0.1) is 0 Å². The van der Waals surface area contributed by atoms with Crippen molar-refractivity contribution in [3.8, 4) is 0 Å². The largest absolute Gasteiger partial charge is 0.393 e. The van der Waals surface area contributed by atoms with Crippen LogP contribution in [-0.2, 0) is 9.53 Å². The lowest BCUT2D eigenvalue weighted by Crippen LogP contribution is -2.45. The van der Waals surface area contributed by atoms with Crippen molar-refractivity contribution < 1.29 is 14.6 Å². The van der Waals surface area contributed by atoms with E-state index >= 15 is 0 Å². The Kier molecular flexibility index (Phi) is 4.40. The number of hydrogen-bond donors (Lipinski definition) is 1. The van der Waals surface area contributed by atoms with Crippen LogP contribution in [0.1, 0.15) is 39.0 Å². The Morgan fingerprint density at radius 1 is 1.47 bits per heavy atom. The van der Waals surface area contributed by atoms with E-state index in [-0.39, 0.29) is 17.9 Å². The molecule has 0 aromatic heterocycles. The first-order valence-corrected chi connectivity index (χ1v) is 6.74. The molecule has 0 radical (unpaired) electrons. The number of carbonyl (C=O) groups excluding carboxylic acids is 1. The Bertz CT molecular complexity index is 263. The van der Waals surface area contributed by atoms with Gasteiger partial charge in [0.1, 0.15) is 0 Å². The molecule has 2 heterocycles. The molecule has 98 valence electrons. The van der Waals surface area contributed by atoms with Gasteiger partial charge in [0.15, 0.2) is 0 Å². The van der Waals surface area contributed by atoms with Gasteiger partial charge in [-0.05, 0) is 31.6 Å². The lowest BCUT2D eigenvalue weighted by Gasteiger charge is -2.34. The molecular formula is C13H23NO3. The van der Waals surface area contributed by atoms with E-state index < -0.39 is 0 Å². The van der Waals surface area contributed by atoms with Gasteiger partial charge in [-0.25, -0.2) is 0 Å². The minimum Gasteiger partial charge on any atom is -0.393 e. The number of ether oxygens (including phenoxy) is 1. The van der Waals surface area contributed by atoms with Crippen LogP contribution in [0.2, 0.25) is 0 Å². The highest BCUT2D eigenvalue weighted by Gasteiger charge is 2.27. The number of nitrogens with zero attached hydrogens (tertiary/aromatic N) is 1. The summed E-state index contributed by atoms with van der Waals surface area (Å²) in [6.45, 7) is 4.26. The maximum absolute atomic E-state index is 12.0. The number of aliphatic hydroxyl groups excluding tert-OH is 1. The van der Waals surface area contributed by atoms with E-state index in [4.69, 9.17) is 4.74 Å². The number of hydrogen-bond acceptors (Lipinski definition) is 3. The minimum atomic E-state index is -0.239. The van der Waals surface area contributed by atoms with E-state index in [1.807, 2.05) is 11.8 Å². The van der Waals surface area contributed by atoms with E-state index in [2.05, 4.69) is 0 Å². The van der Waals surface area contributed by atoms with Crippen molar-refractivity contribution in [2.24, 2.45) is 5.92 Å². The molecule has 0 saturated carbocycles. The van der Waals surface area contributed by atoms with Crippen molar-refractivity contribution in [2.75, 3.05) is 19.7 Å². The summed E-state index contributed by atoms with van der Waals surface area (Å²) in [5.74, 6) is 0.426. The molecule has 0 aromatic rings. The number of likely N-dealkylation sites (tertiary alicyclic amines) is 1. The third kappa shape index (κ3) is 3.42. The molecule has 0 aromatic carbocycles. The lowest BCUT2D eigenvalue weighted by molar-refractivity contribution is -0.135. The molecule has 1 N–H and O–H groups in total. The van der Waals surface area contributed by atoms with Crippen molar-refractivity contribution in [1.29, 1.82) is 0 Å². The second kappa shape index (κ2) is 5.83. The number of carbonyl (C=O) groups is 1. The number of piperidine rings is 1. The maximum atomic E-state index is 12.0. The third-order valence-corrected chi connectivity index (χ3v) is 3.92. The summed E-state index contributed by atoms with van der Waals surface area (Å²) in [6.07, 6.45) is 4.45. The summed E-state index contributed by atoms with van der Waals surface area (Å²) >= 11 is 0. The highest BCUT2D eigenvalue weighted by molar-refractivity contribution is 5.76. The van der Waals surface area contributed by atoms with Gasteiger partial charge < -0.3 is 14.7 Å². The van der Waals surface area contributed by atoms with Gasteiger partial charge in [0.25, 0.3) is 0 Å². The lowest BCUT2D eigenvalue weighted by atomic mass is 9.96. The molecular weight excluding hydrogens is 218 g/mol. The topological polar surface area (TPSA) is 49.8 Å². The number of rotatable bonds is 3. The summed E-state index contributed by atoms with van der Waals surface area (Å²) in [7, 11) is 0. The second-order valence-electron chi connectivity index (χ2n) is 5.35. The van der Waals surface area contributed by atoms with Crippen LogP contribution in [0.15, 0.2) is 0 Å². The molecule has 3 atom stereocenters. The standard InChI is InChI=1S/C13H23NO3/c1-10-9-14(7-6-12(10)15)13(16)5-4-11-3-2-8-17-11/h10-12,15H,2-9H2,1H3. The van der Waals surface area contributed by atoms with Gasteiger partial charge in [0.05, 0.1) is 12.2 Å². The fraction of sp³-hybridized carbons (Fsp3) is 0.923. The first kappa shape index (κ1) is 12.8. The molecule has 2 fully saturated rings. The highest BCUT2D eigenvalue weighted by atomic mass is 16.5. The van der Waals surface area contributed by atoms with Crippen LogP contribution in [0.25, 0.3) is 0 Å². The van der Waals surface area contributed by atoms with Crippen LogP contribution in [0, 0.1) is 5.92 Å². The van der Waals surface area contributed by atoms with E-state index in [1.54, 1.807) is 0 Å². The normalized spacial score (nSPS) is 34.0. The quantitative estimate of drug-likeness (QED) is 0.807. The third-order valence-electron chi connectivity index (χ3n) is 3.92. The molecule has 3 unspecified atom stereocenters. The minimum absolute atomic E-state index is 0.204. The molecule has 1 amide bonds. The summed E-state index contributed by atoms with van der Waals surface area (Å²) < 4.78 is 5.52.